The average molecular weight is 537 g/mol. The Kier molecular flexibility index (Phi) is 8.29. The molecular formula is C28H36N6OS2. The van der Waals surface area contributed by atoms with Crippen molar-refractivity contribution in [3.8, 4) is 17.5 Å². The Balaban J connectivity index is 1.44. The van der Waals surface area contributed by atoms with Gasteiger partial charge in [0, 0.05) is 36.8 Å². The molecule has 196 valence electrons. The van der Waals surface area contributed by atoms with Crippen LogP contribution in [0.1, 0.15) is 56.5 Å². The minimum atomic E-state index is -0.131. The number of hydrogen-bond acceptors (Lipinski definition) is 7. The second-order valence-electron chi connectivity index (χ2n) is 10.4. The number of anilines is 2. The first kappa shape index (κ1) is 27.2. The number of hydrogen-bond donors (Lipinski definition) is 1. The van der Waals surface area contributed by atoms with Gasteiger partial charge in [0.05, 0.1) is 11.3 Å². The Morgan fingerprint density at radius 3 is 2.62 bits per heavy atom. The fourth-order valence-corrected chi connectivity index (χ4v) is 6.94. The smallest absolute Gasteiger partial charge is 0.235 e. The number of amides is 1. The van der Waals surface area contributed by atoms with E-state index in [4.69, 9.17) is 0 Å². The number of benzene rings is 1. The zero-order valence-electron chi connectivity index (χ0n) is 22.6. The Morgan fingerprint density at radius 1 is 1.27 bits per heavy atom. The third-order valence-electron chi connectivity index (χ3n) is 7.65. The van der Waals surface area contributed by atoms with Gasteiger partial charge in [-0.25, -0.2) is 0 Å². The lowest BCUT2D eigenvalue weighted by atomic mass is 9.69. The van der Waals surface area contributed by atoms with Crippen molar-refractivity contribution in [2.75, 3.05) is 30.1 Å². The van der Waals surface area contributed by atoms with Crippen molar-refractivity contribution in [1.82, 2.24) is 14.8 Å². The molecule has 1 aliphatic rings. The zero-order chi connectivity index (χ0) is 26.7. The summed E-state index contributed by atoms with van der Waals surface area (Å²) in [7, 11) is 4.02. The molecule has 1 amide bonds. The highest BCUT2D eigenvalue weighted by Crippen LogP contribution is 2.45. The maximum Gasteiger partial charge on any atom is 0.235 e. The van der Waals surface area contributed by atoms with Gasteiger partial charge in [-0.1, -0.05) is 39.0 Å². The van der Waals surface area contributed by atoms with Crippen LogP contribution < -0.4 is 10.2 Å². The maximum absolute atomic E-state index is 12.9. The van der Waals surface area contributed by atoms with Crippen LogP contribution in [-0.2, 0) is 24.2 Å². The van der Waals surface area contributed by atoms with E-state index in [-0.39, 0.29) is 17.1 Å². The lowest BCUT2D eigenvalue weighted by Crippen LogP contribution is -2.28. The minimum absolute atomic E-state index is 0.131. The van der Waals surface area contributed by atoms with Crippen LogP contribution in [0.3, 0.4) is 0 Å². The number of thioether (sulfide) groups is 1. The molecule has 1 aromatic carbocycles. The number of rotatable bonds is 9. The van der Waals surface area contributed by atoms with E-state index < -0.39 is 0 Å². The van der Waals surface area contributed by atoms with E-state index >= 15 is 0 Å². The molecule has 1 N–H and O–H groups in total. The second-order valence-corrected chi connectivity index (χ2v) is 12.5. The predicted molar refractivity (Wildman–Crippen MR) is 153 cm³/mol. The van der Waals surface area contributed by atoms with E-state index in [0.29, 0.717) is 28.2 Å². The molecule has 7 nitrogen and oxygen atoms in total. The SMILES string of the molecule is CCn1c(SCC(=O)Nc2sc3c(c2C#N)CCC(C(C)(C)CC)C3)nnc1-c1ccc(N(C)C)cc1. The van der Waals surface area contributed by atoms with Crippen LogP contribution in [-0.4, -0.2) is 40.5 Å². The number of nitrogens with one attached hydrogen (secondary N) is 1. The lowest BCUT2D eigenvalue weighted by molar-refractivity contribution is -0.113. The highest BCUT2D eigenvalue weighted by molar-refractivity contribution is 7.99. The zero-order valence-corrected chi connectivity index (χ0v) is 24.2. The van der Waals surface area contributed by atoms with E-state index in [1.165, 1.54) is 16.6 Å². The highest BCUT2D eigenvalue weighted by Gasteiger charge is 2.34. The first-order valence-corrected chi connectivity index (χ1v) is 14.7. The van der Waals surface area contributed by atoms with Gasteiger partial charge in [0.15, 0.2) is 11.0 Å². The summed E-state index contributed by atoms with van der Waals surface area (Å²) < 4.78 is 2.03. The topological polar surface area (TPSA) is 86.8 Å². The molecular weight excluding hydrogens is 500 g/mol. The Labute approximate surface area is 228 Å². The molecule has 1 atom stereocenters. The molecule has 0 saturated carbocycles. The molecule has 2 aromatic heterocycles. The normalized spacial score (nSPS) is 15.2. The Bertz CT molecular complexity index is 1300. The first-order chi connectivity index (χ1) is 17.7. The summed E-state index contributed by atoms with van der Waals surface area (Å²) in [5.41, 5.74) is 4.16. The molecule has 2 heterocycles. The molecule has 0 saturated heterocycles. The van der Waals surface area contributed by atoms with Gasteiger partial charge in [-0.15, -0.1) is 21.5 Å². The summed E-state index contributed by atoms with van der Waals surface area (Å²) in [6.07, 6.45) is 4.12. The highest BCUT2D eigenvalue weighted by atomic mass is 32.2. The van der Waals surface area contributed by atoms with Crippen molar-refractivity contribution in [3.05, 3.63) is 40.3 Å². The summed E-state index contributed by atoms with van der Waals surface area (Å²) in [6, 6.07) is 10.6. The van der Waals surface area contributed by atoms with Crippen LogP contribution in [0, 0.1) is 22.7 Å². The molecule has 4 rings (SSSR count). The number of nitriles is 1. The molecule has 37 heavy (non-hydrogen) atoms. The predicted octanol–water partition coefficient (Wildman–Crippen LogP) is 6.24. The number of carbonyl (C=O) groups excluding carboxylic acids is 1. The summed E-state index contributed by atoms with van der Waals surface area (Å²) in [5.74, 6) is 1.46. The Hall–Kier alpha value is -2.83. The van der Waals surface area contributed by atoms with Gasteiger partial charge in [0.2, 0.25) is 5.91 Å². The van der Waals surface area contributed by atoms with E-state index in [1.54, 1.807) is 11.3 Å². The molecule has 1 unspecified atom stereocenters. The van der Waals surface area contributed by atoms with Gasteiger partial charge in [-0.3, -0.25) is 4.79 Å². The monoisotopic (exact) mass is 536 g/mol. The average Bonchev–Trinajstić information content (AvgIpc) is 3.47. The van der Waals surface area contributed by atoms with Crippen LogP contribution in [0.5, 0.6) is 0 Å². The van der Waals surface area contributed by atoms with E-state index in [2.05, 4.69) is 59.4 Å². The van der Waals surface area contributed by atoms with Crippen LogP contribution in [0.25, 0.3) is 11.4 Å². The first-order valence-electron chi connectivity index (χ1n) is 12.9. The van der Waals surface area contributed by atoms with Crippen molar-refractivity contribution < 1.29 is 4.79 Å². The minimum Gasteiger partial charge on any atom is -0.378 e. The van der Waals surface area contributed by atoms with Gasteiger partial charge in [-0.05, 0) is 67.3 Å². The van der Waals surface area contributed by atoms with Crippen LogP contribution in [0.2, 0.25) is 0 Å². The van der Waals surface area contributed by atoms with E-state index in [0.717, 1.165) is 48.3 Å². The molecule has 0 radical (unpaired) electrons. The van der Waals surface area contributed by atoms with Gasteiger partial charge >= 0.3 is 0 Å². The molecule has 0 bridgehead atoms. The summed E-state index contributed by atoms with van der Waals surface area (Å²) in [5, 5.41) is 23.0. The number of carbonyl (C=O) groups is 1. The number of aromatic nitrogens is 3. The fraction of sp³-hybridized carbons (Fsp3) is 0.500. The maximum atomic E-state index is 12.9. The van der Waals surface area contributed by atoms with Crippen molar-refractivity contribution >= 4 is 39.7 Å². The molecule has 0 spiro atoms. The van der Waals surface area contributed by atoms with E-state index in [9.17, 15) is 10.1 Å². The molecule has 0 aliphatic heterocycles. The second kappa shape index (κ2) is 11.3. The Morgan fingerprint density at radius 2 is 2.00 bits per heavy atom. The third-order valence-corrected chi connectivity index (χ3v) is 9.79. The van der Waals surface area contributed by atoms with Gasteiger partial charge in [0.25, 0.3) is 0 Å². The van der Waals surface area contributed by atoms with Crippen molar-refractivity contribution in [1.29, 1.82) is 5.26 Å². The quantitative estimate of drug-likeness (QED) is 0.326. The van der Waals surface area contributed by atoms with Gasteiger partial charge in [-0.2, -0.15) is 5.26 Å². The lowest BCUT2D eigenvalue weighted by Gasteiger charge is -2.36. The summed E-state index contributed by atoms with van der Waals surface area (Å²) >= 11 is 2.95. The molecule has 9 heteroatoms. The number of fused-ring (bicyclic) bond motifs is 1. The molecule has 0 fully saturated rings. The van der Waals surface area contributed by atoms with Gasteiger partial charge in [0.1, 0.15) is 11.1 Å². The van der Waals surface area contributed by atoms with Crippen LogP contribution >= 0.6 is 23.1 Å². The van der Waals surface area contributed by atoms with Crippen molar-refractivity contribution in [2.45, 2.75) is 65.1 Å². The summed E-state index contributed by atoms with van der Waals surface area (Å²) in [6.45, 7) is 9.67. The van der Waals surface area contributed by atoms with Crippen molar-refractivity contribution in [2.24, 2.45) is 11.3 Å². The summed E-state index contributed by atoms with van der Waals surface area (Å²) in [4.78, 5) is 16.2. The standard InChI is InChI=1S/C28H36N6OS2/c1-7-28(3,4)19-11-14-21-22(16-29)26(37-23(21)15-19)30-24(35)17-36-27-32-31-25(34(27)8-2)18-9-12-20(13-10-18)33(5)6/h9-10,12-13,19H,7-8,11,14-15,17H2,1-6H3,(H,30,35). The van der Waals surface area contributed by atoms with E-state index in [1.807, 2.05) is 37.7 Å². The molecule has 1 aliphatic carbocycles. The number of thiophene rings is 1. The third kappa shape index (κ3) is 5.70. The van der Waals surface area contributed by atoms with Crippen LogP contribution in [0.4, 0.5) is 10.7 Å². The molecule has 3 aromatic rings. The largest absolute Gasteiger partial charge is 0.378 e. The number of nitrogens with zero attached hydrogens (tertiary/aromatic N) is 5. The van der Waals surface area contributed by atoms with Gasteiger partial charge < -0.3 is 14.8 Å². The van der Waals surface area contributed by atoms with Crippen molar-refractivity contribution in [3.63, 3.8) is 0 Å². The fourth-order valence-electron chi connectivity index (χ4n) is 4.84. The van der Waals surface area contributed by atoms with Crippen LogP contribution in [0.15, 0.2) is 29.4 Å².